The molecule has 0 saturated carbocycles. The Balaban J connectivity index is 2.13. The average Bonchev–Trinajstić information content (AvgIpc) is 2.68. The average molecular weight is 223 g/mol. The van der Waals surface area contributed by atoms with Crippen molar-refractivity contribution in [3.63, 3.8) is 0 Å². The van der Waals surface area contributed by atoms with E-state index in [9.17, 15) is 4.79 Å². The molecule has 0 spiro atoms. The van der Waals surface area contributed by atoms with E-state index >= 15 is 0 Å². The van der Waals surface area contributed by atoms with Crippen molar-refractivity contribution in [2.45, 2.75) is 13.0 Å². The molecule has 4 heteroatoms. The number of nitrogens with one attached hydrogen (secondary N) is 1. The molecule has 0 saturated heterocycles. The lowest BCUT2D eigenvalue weighted by atomic mass is 10.1. The molecule has 3 nitrogen and oxygen atoms in total. The molecule has 0 radical (unpaired) electrons. The highest BCUT2D eigenvalue weighted by Crippen LogP contribution is 2.26. The minimum atomic E-state index is -0.306. The predicted octanol–water partition coefficient (Wildman–Crippen LogP) is 1.58. The van der Waals surface area contributed by atoms with E-state index in [0.29, 0.717) is 0 Å². The van der Waals surface area contributed by atoms with Crippen LogP contribution in [0.25, 0.3) is 6.08 Å². The highest BCUT2D eigenvalue weighted by Gasteiger charge is 2.11. The second-order valence-corrected chi connectivity index (χ2v) is 4.55. The van der Waals surface area contributed by atoms with E-state index in [1.807, 2.05) is 6.08 Å². The van der Waals surface area contributed by atoms with Crippen molar-refractivity contribution < 1.29 is 9.53 Å². The molecule has 1 aliphatic heterocycles. The summed E-state index contributed by atoms with van der Waals surface area (Å²) in [6.45, 7) is 1.99. The third-order valence-electron chi connectivity index (χ3n) is 2.34. The first-order chi connectivity index (χ1) is 7.29. The number of ether oxygens (including phenoxy) is 1. The zero-order valence-corrected chi connectivity index (χ0v) is 9.39. The van der Waals surface area contributed by atoms with Crippen LogP contribution in [0.3, 0.4) is 0 Å². The van der Waals surface area contributed by atoms with Gasteiger partial charge < -0.3 is 10.1 Å². The second kappa shape index (κ2) is 4.59. The van der Waals surface area contributed by atoms with Crippen molar-refractivity contribution in [3.05, 3.63) is 27.5 Å². The quantitative estimate of drug-likeness (QED) is 0.611. The van der Waals surface area contributed by atoms with Gasteiger partial charge in [-0.3, -0.25) is 0 Å². The van der Waals surface area contributed by atoms with Crippen molar-refractivity contribution in [2.75, 3.05) is 13.7 Å². The van der Waals surface area contributed by atoms with Crippen LogP contribution in [0.4, 0.5) is 0 Å². The van der Waals surface area contributed by atoms with E-state index in [1.54, 1.807) is 11.3 Å². The minimum Gasteiger partial charge on any atom is -0.466 e. The Kier molecular flexibility index (Phi) is 3.18. The molecule has 0 aliphatic carbocycles. The first-order valence-corrected chi connectivity index (χ1v) is 5.69. The topological polar surface area (TPSA) is 38.3 Å². The number of thiophene rings is 1. The van der Waals surface area contributed by atoms with Gasteiger partial charge in [0, 0.05) is 28.9 Å². The van der Waals surface area contributed by atoms with Gasteiger partial charge in [-0.15, -0.1) is 11.3 Å². The molecule has 1 aromatic rings. The van der Waals surface area contributed by atoms with Crippen LogP contribution in [-0.4, -0.2) is 19.6 Å². The fourth-order valence-corrected chi connectivity index (χ4v) is 2.66. The Morgan fingerprint density at radius 2 is 2.53 bits per heavy atom. The van der Waals surface area contributed by atoms with Gasteiger partial charge in [-0.05, 0) is 24.1 Å². The summed E-state index contributed by atoms with van der Waals surface area (Å²) in [5.74, 6) is -0.306. The number of rotatable bonds is 2. The molecule has 0 fully saturated rings. The summed E-state index contributed by atoms with van der Waals surface area (Å²) in [6, 6.07) is 2.13. The SMILES string of the molecule is COC(=O)/C=C/c1cc2c(s1)CCNC2. The van der Waals surface area contributed by atoms with Gasteiger partial charge >= 0.3 is 5.97 Å². The van der Waals surface area contributed by atoms with Crippen LogP contribution >= 0.6 is 11.3 Å². The molecule has 1 aliphatic rings. The third kappa shape index (κ3) is 2.46. The van der Waals surface area contributed by atoms with E-state index < -0.39 is 0 Å². The minimum absolute atomic E-state index is 0.306. The van der Waals surface area contributed by atoms with Crippen molar-refractivity contribution >= 4 is 23.4 Å². The molecular weight excluding hydrogens is 210 g/mol. The number of hydrogen-bond acceptors (Lipinski definition) is 4. The first-order valence-electron chi connectivity index (χ1n) is 4.88. The highest BCUT2D eigenvalue weighted by molar-refractivity contribution is 7.13. The second-order valence-electron chi connectivity index (χ2n) is 3.38. The van der Waals surface area contributed by atoms with Gasteiger partial charge in [0.05, 0.1) is 7.11 Å². The summed E-state index contributed by atoms with van der Waals surface area (Å²) in [6.07, 6.45) is 4.37. The Morgan fingerprint density at radius 1 is 1.67 bits per heavy atom. The summed E-state index contributed by atoms with van der Waals surface area (Å²) in [7, 11) is 1.38. The maximum atomic E-state index is 10.9. The normalized spacial score (nSPS) is 15.3. The van der Waals surface area contributed by atoms with Crippen molar-refractivity contribution in [1.29, 1.82) is 0 Å². The lowest BCUT2D eigenvalue weighted by Crippen LogP contribution is -2.21. The lowest BCUT2D eigenvalue weighted by molar-refractivity contribution is -0.134. The molecule has 1 N–H and O–H groups in total. The lowest BCUT2D eigenvalue weighted by Gasteiger charge is -2.10. The van der Waals surface area contributed by atoms with Gasteiger partial charge in [-0.1, -0.05) is 0 Å². The fraction of sp³-hybridized carbons (Fsp3) is 0.364. The molecule has 0 aromatic carbocycles. The zero-order valence-electron chi connectivity index (χ0n) is 8.58. The molecule has 0 unspecified atom stereocenters. The van der Waals surface area contributed by atoms with Gasteiger partial charge in [-0.2, -0.15) is 0 Å². The summed E-state index contributed by atoms with van der Waals surface area (Å²) in [5, 5.41) is 3.32. The van der Waals surface area contributed by atoms with E-state index in [2.05, 4.69) is 16.1 Å². The smallest absolute Gasteiger partial charge is 0.330 e. The van der Waals surface area contributed by atoms with Crippen molar-refractivity contribution in [2.24, 2.45) is 0 Å². The van der Waals surface area contributed by atoms with Crippen LogP contribution in [0.15, 0.2) is 12.1 Å². The van der Waals surface area contributed by atoms with E-state index in [4.69, 9.17) is 0 Å². The number of carbonyl (C=O) groups is 1. The van der Waals surface area contributed by atoms with E-state index in [0.717, 1.165) is 24.4 Å². The standard InChI is InChI=1S/C11H13NO2S/c1-14-11(13)3-2-9-6-8-7-12-5-4-10(8)15-9/h2-3,6,12H,4-5,7H2,1H3/b3-2+. The number of fused-ring (bicyclic) bond motifs is 1. The molecule has 2 heterocycles. The molecule has 0 amide bonds. The van der Waals surface area contributed by atoms with Gasteiger partial charge in [0.2, 0.25) is 0 Å². The summed E-state index contributed by atoms with van der Waals surface area (Å²) in [4.78, 5) is 13.5. The monoisotopic (exact) mass is 223 g/mol. The van der Waals surface area contributed by atoms with Gasteiger partial charge in [-0.25, -0.2) is 4.79 Å². The Labute approximate surface area is 92.8 Å². The van der Waals surface area contributed by atoms with Crippen LogP contribution < -0.4 is 5.32 Å². The Bertz CT molecular complexity index is 372. The summed E-state index contributed by atoms with van der Waals surface area (Å²) < 4.78 is 4.54. The van der Waals surface area contributed by atoms with Crippen LogP contribution in [0.1, 0.15) is 15.3 Å². The first kappa shape index (κ1) is 10.4. The largest absolute Gasteiger partial charge is 0.466 e. The Hall–Kier alpha value is -1.13. The Morgan fingerprint density at radius 3 is 3.27 bits per heavy atom. The van der Waals surface area contributed by atoms with Gasteiger partial charge in [0.25, 0.3) is 0 Å². The van der Waals surface area contributed by atoms with Crippen LogP contribution in [-0.2, 0) is 22.5 Å². The maximum absolute atomic E-state index is 10.9. The number of hydrogen-bond donors (Lipinski definition) is 1. The molecule has 0 atom stereocenters. The third-order valence-corrected chi connectivity index (χ3v) is 3.55. The van der Waals surface area contributed by atoms with Gasteiger partial charge in [0.15, 0.2) is 0 Å². The highest BCUT2D eigenvalue weighted by atomic mass is 32.1. The number of methoxy groups -OCH3 is 1. The van der Waals surface area contributed by atoms with Crippen LogP contribution in [0.2, 0.25) is 0 Å². The molecular formula is C11H13NO2S. The molecule has 0 bridgehead atoms. The predicted molar refractivity (Wildman–Crippen MR) is 60.8 cm³/mol. The van der Waals surface area contributed by atoms with Crippen LogP contribution in [0, 0.1) is 0 Å². The summed E-state index contributed by atoms with van der Waals surface area (Å²) >= 11 is 1.75. The van der Waals surface area contributed by atoms with Crippen molar-refractivity contribution in [1.82, 2.24) is 5.32 Å². The van der Waals surface area contributed by atoms with E-state index in [-0.39, 0.29) is 5.97 Å². The molecule has 80 valence electrons. The van der Waals surface area contributed by atoms with Crippen molar-refractivity contribution in [3.8, 4) is 0 Å². The summed E-state index contributed by atoms with van der Waals surface area (Å²) in [5.41, 5.74) is 1.36. The van der Waals surface area contributed by atoms with Crippen LogP contribution in [0.5, 0.6) is 0 Å². The zero-order chi connectivity index (χ0) is 10.7. The number of carbonyl (C=O) groups excluding carboxylic acids is 1. The van der Waals surface area contributed by atoms with E-state index in [1.165, 1.54) is 23.6 Å². The fourth-order valence-electron chi connectivity index (χ4n) is 1.58. The van der Waals surface area contributed by atoms with Gasteiger partial charge in [0.1, 0.15) is 0 Å². The molecule has 1 aromatic heterocycles. The number of esters is 1. The molecule has 15 heavy (non-hydrogen) atoms. The maximum Gasteiger partial charge on any atom is 0.330 e. The molecule has 2 rings (SSSR count).